The predicted molar refractivity (Wildman–Crippen MR) is 79.6 cm³/mol. The summed E-state index contributed by atoms with van der Waals surface area (Å²) in [4.78, 5) is 27.1. The van der Waals surface area contributed by atoms with Crippen LogP contribution in [0.4, 0.5) is 0 Å². The minimum Gasteiger partial charge on any atom is -0.392 e. The minimum atomic E-state index is 0.0655. The Bertz CT molecular complexity index is 435. The molecule has 0 aromatic carbocycles. The molecular formula is C16H23NO3. The van der Waals surface area contributed by atoms with Crippen LogP contribution in [0.5, 0.6) is 0 Å². The molecule has 0 fully saturated rings. The standard InChI is InChI=1S/C16H23NO3/c1-12(18)8-4-6-10-15-14(3)17-20-16(15)11-7-5-9-13(2)19/h4-5,8-9,15-16H,6-7,10-11H2,1-3H3/b8-4+,9-5+/t15-,16-/m0/s1. The first-order chi connectivity index (χ1) is 9.50. The lowest BCUT2D eigenvalue weighted by atomic mass is 9.90. The first kappa shape index (κ1) is 16.3. The summed E-state index contributed by atoms with van der Waals surface area (Å²) in [6.07, 6.45) is 10.5. The molecule has 20 heavy (non-hydrogen) atoms. The zero-order valence-electron chi connectivity index (χ0n) is 12.5. The van der Waals surface area contributed by atoms with Crippen LogP contribution in [-0.2, 0) is 14.4 Å². The highest BCUT2D eigenvalue weighted by molar-refractivity contribution is 5.87. The number of ketones is 2. The largest absolute Gasteiger partial charge is 0.392 e. The maximum Gasteiger partial charge on any atom is 0.152 e. The first-order valence-corrected chi connectivity index (χ1v) is 7.05. The quantitative estimate of drug-likeness (QED) is 0.640. The van der Waals surface area contributed by atoms with Gasteiger partial charge in [0, 0.05) is 5.92 Å². The number of allylic oxidation sites excluding steroid dienone is 4. The Kier molecular flexibility index (Phi) is 6.91. The van der Waals surface area contributed by atoms with Gasteiger partial charge in [0.05, 0.1) is 5.71 Å². The SMILES string of the molecule is CC(=O)/C=C/CC[C@@H]1ON=C(C)[C@@H]1CC/C=C/C(C)=O. The zero-order chi connectivity index (χ0) is 15.0. The summed E-state index contributed by atoms with van der Waals surface area (Å²) in [5.41, 5.74) is 1.02. The summed E-state index contributed by atoms with van der Waals surface area (Å²) >= 11 is 0. The fourth-order valence-corrected chi connectivity index (χ4v) is 2.24. The molecular weight excluding hydrogens is 254 g/mol. The van der Waals surface area contributed by atoms with Gasteiger partial charge in [0.25, 0.3) is 0 Å². The van der Waals surface area contributed by atoms with Crippen molar-refractivity contribution in [2.45, 2.75) is 52.6 Å². The van der Waals surface area contributed by atoms with Gasteiger partial charge in [-0.3, -0.25) is 9.59 Å². The summed E-state index contributed by atoms with van der Waals surface area (Å²) in [6.45, 7) is 5.07. The molecule has 0 saturated heterocycles. The van der Waals surface area contributed by atoms with Gasteiger partial charge in [-0.1, -0.05) is 17.3 Å². The highest BCUT2D eigenvalue weighted by Gasteiger charge is 2.30. The molecule has 0 unspecified atom stereocenters. The molecule has 4 heteroatoms. The van der Waals surface area contributed by atoms with Gasteiger partial charge in [0.15, 0.2) is 11.6 Å². The molecule has 0 aromatic rings. The van der Waals surface area contributed by atoms with Gasteiger partial charge in [-0.05, 0) is 58.6 Å². The average molecular weight is 277 g/mol. The van der Waals surface area contributed by atoms with Gasteiger partial charge in [-0.25, -0.2) is 0 Å². The van der Waals surface area contributed by atoms with Crippen LogP contribution in [0, 0.1) is 5.92 Å². The molecule has 0 aliphatic carbocycles. The third-order valence-corrected chi connectivity index (χ3v) is 3.28. The van der Waals surface area contributed by atoms with Crippen molar-refractivity contribution in [3.05, 3.63) is 24.3 Å². The number of carbonyl (C=O) groups excluding carboxylic acids is 2. The van der Waals surface area contributed by atoms with E-state index < -0.39 is 0 Å². The summed E-state index contributed by atoms with van der Waals surface area (Å²) in [6, 6.07) is 0. The molecule has 0 radical (unpaired) electrons. The minimum absolute atomic E-state index is 0.0655. The number of hydrogen-bond acceptors (Lipinski definition) is 4. The number of nitrogens with zero attached hydrogens (tertiary/aromatic N) is 1. The van der Waals surface area contributed by atoms with E-state index in [4.69, 9.17) is 4.84 Å². The second-order valence-corrected chi connectivity index (χ2v) is 5.16. The van der Waals surface area contributed by atoms with Crippen LogP contribution in [0.3, 0.4) is 0 Å². The maximum atomic E-state index is 10.8. The molecule has 0 amide bonds. The van der Waals surface area contributed by atoms with Crippen LogP contribution in [0.25, 0.3) is 0 Å². The summed E-state index contributed by atoms with van der Waals surface area (Å²) < 4.78 is 0. The topological polar surface area (TPSA) is 55.7 Å². The van der Waals surface area contributed by atoms with Crippen molar-refractivity contribution in [3.63, 3.8) is 0 Å². The molecule has 0 N–H and O–H groups in total. The lowest BCUT2D eigenvalue weighted by molar-refractivity contribution is -0.113. The summed E-state index contributed by atoms with van der Waals surface area (Å²) in [5, 5.41) is 4.06. The van der Waals surface area contributed by atoms with Crippen LogP contribution >= 0.6 is 0 Å². The lowest BCUT2D eigenvalue weighted by Crippen LogP contribution is -2.21. The monoisotopic (exact) mass is 277 g/mol. The van der Waals surface area contributed by atoms with E-state index in [1.807, 2.05) is 19.1 Å². The second-order valence-electron chi connectivity index (χ2n) is 5.16. The zero-order valence-corrected chi connectivity index (χ0v) is 12.5. The van der Waals surface area contributed by atoms with Crippen LogP contribution < -0.4 is 0 Å². The van der Waals surface area contributed by atoms with E-state index in [-0.39, 0.29) is 17.7 Å². The molecule has 0 aromatic heterocycles. The Morgan fingerprint density at radius 2 is 1.65 bits per heavy atom. The molecule has 1 rings (SSSR count). The third kappa shape index (κ3) is 5.95. The summed E-state index contributed by atoms with van der Waals surface area (Å²) in [7, 11) is 0. The Morgan fingerprint density at radius 1 is 1.10 bits per heavy atom. The van der Waals surface area contributed by atoms with Crippen molar-refractivity contribution in [2.75, 3.05) is 0 Å². The normalized spacial score (nSPS) is 22.2. The first-order valence-electron chi connectivity index (χ1n) is 7.05. The Labute approximate surface area is 120 Å². The molecule has 1 aliphatic rings. The fraction of sp³-hybridized carbons (Fsp3) is 0.562. The number of hydrogen-bond donors (Lipinski definition) is 0. The van der Waals surface area contributed by atoms with Gasteiger partial charge < -0.3 is 4.84 Å². The highest BCUT2D eigenvalue weighted by Crippen LogP contribution is 2.26. The lowest BCUT2D eigenvalue weighted by Gasteiger charge is -2.16. The molecule has 1 aliphatic heterocycles. The van der Waals surface area contributed by atoms with Crippen molar-refractivity contribution < 1.29 is 14.4 Å². The van der Waals surface area contributed by atoms with Crippen molar-refractivity contribution in [1.29, 1.82) is 0 Å². The van der Waals surface area contributed by atoms with Crippen molar-refractivity contribution >= 4 is 17.3 Å². The molecule has 0 spiro atoms. The van der Waals surface area contributed by atoms with E-state index in [0.717, 1.165) is 31.4 Å². The van der Waals surface area contributed by atoms with E-state index in [0.29, 0.717) is 5.92 Å². The van der Waals surface area contributed by atoms with Gasteiger partial charge >= 0.3 is 0 Å². The number of oxime groups is 1. The molecule has 2 atom stereocenters. The second kappa shape index (κ2) is 8.46. The highest BCUT2D eigenvalue weighted by atomic mass is 16.6. The Hall–Kier alpha value is -1.71. The van der Waals surface area contributed by atoms with Crippen molar-refractivity contribution in [2.24, 2.45) is 11.1 Å². The van der Waals surface area contributed by atoms with E-state index in [2.05, 4.69) is 5.16 Å². The van der Waals surface area contributed by atoms with Gasteiger partial charge in [0.1, 0.15) is 6.10 Å². The van der Waals surface area contributed by atoms with Crippen LogP contribution in [0.15, 0.2) is 29.5 Å². The van der Waals surface area contributed by atoms with Crippen molar-refractivity contribution in [1.82, 2.24) is 0 Å². The Balaban J connectivity index is 2.39. The average Bonchev–Trinajstić information content (AvgIpc) is 2.71. The smallest absolute Gasteiger partial charge is 0.152 e. The Morgan fingerprint density at radius 3 is 2.20 bits per heavy atom. The molecule has 4 nitrogen and oxygen atoms in total. The fourth-order valence-electron chi connectivity index (χ4n) is 2.24. The van der Waals surface area contributed by atoms with Crippen LogP contribution in [-0.4, -0.2) is 23.4 Å². The van der Waals surface area contributed by atoms with Crippen LogP contribution in [0.1, 0.15) is 46.5 Å². The molecule has 0 saturated carbocycles. The third-order valence-electron chi connectivity index (χ3n) is 3.28. The summed E-state index contributed by atoms with van der Waals surface area (Å²) in [5.74, 6) is 0.442. The molecule has 1 heterocycles. The van der Waals surface area contributed by atoms with Gasteiger partial charge in [-0.2, -0.15) is 0 Å². The van der Waals surface area contributed by atoms with Gasteiger partial charge in [-0.15, -0.1) is 0 Å². The van der Waals surface area contributed by atoms with Crippen LogP contribution in [0.2, 0.25) is 0 Å². The number of carbonyl (C=O) groups is 2. The predicted octanol–water partition coefficient (Wildman–Crippen LogP) is 3.23. The van der Waals surface area contributed by atoms with Crippen molar-refractivity contribution in [3.8, 4) is 0 Å². The maximum absolute atomic E-state index is 10.8. The molecule has 110 valence electrons. The van der Waals surface area contributed by atoms with E-state index in [1.165, 1.54) is 0 Å². The van der Waals surface area contributed by atoms with E-state index in [1.54, 1.807) is 26.0 Å². The number of rotatable bonds is 8. The van der Waals surface area contributed by atoms with E-state index in [9.17, 15) is 9.59 Å². The molecule has 0 bridgehead atoms. The van der Waals surface area contributed by atoms with Gasteiger partial charge in [0.2, 0.25) is 0 Å². The van der Waals surface area contributed by atoms with E-state index >= 15 is 0 Å².